The fourth-order valence-electron chi connectivity index (χ4n) is 0.669. The number of carboxylic acid groups (broad SMARTS) is 2. The summed E-state index contributed by atoms with van der Waals surface area (Å²) < 4.78 is 0. The van der Waals surface area contributed by atoms with Gasteiger partial charge >= 0.3 is 11.9 Å². The van der Waals surface area contributed by atoms with Crippen LogP contribution in [-0.2, 0) is 14.4 Å². The van der Waals surface area contributed by atoms with Crippen LogP contribution in [0.2, 0.25) is 0 Å². The molecule has 1 atom stereocenters. The molecule has 0 saturated heterocycles. The molecule has 4 N–H and O–H groups in total. The number of rotatable bonds is 6. The molecule has 0 aromatic carbocycles. The van der Waals surface area contributed by atoms with Crippen molar-refractivity contribution in [1.82, 2.24) is 5.32 Å². The minimum atomic E-state index is -1.64. The number of carboxylic acids is 2. The maximum atomic E-state index is 10.8. The van der Waals surface area contributed by atoms with Crippen LogP contribution in [0.3, 0.4) is 0 Å². The fourth-order valence-corrected chi connectivity index (χ4v) is 0.669. The van der Waals surface area contributed by atoms with Crippen molar-refractivity contribution < 1.29 is 29.7 Å². The lowest BCUT2D eigenvalue weighted by Gasteiger charge is -2.07. The summed E-state index contributed by atoms with van der Waals surface area (Å²) in [4.78, 5) is 30.9. The van der Waals surface area contributed by atoms with Gasteiger partial charge in [-0.2, -0.15) is 0 Å². The van der Waals surface area contributed by atoms with Gasteiger partial charge in [0.05, 0.1) is 12.8 Å². The highest BCUT2D eigenvalue weighted by Crippen LogP contribution is 1.91. The second kappa shape index (κ2) is 5.92. The number of hydrogen-bond acceptors (Lipinski definition) is 4. The van der Waals surface area contributed by atoms with Crippen molar-refractivity contribution in [2.75, 3.05) is 6.54 Å². The van der Waals surface area contributed by atoms with Crippen molar-refractivity contribution in [3.05, 3.63) is 0 Å². The predicted octanol–water partition coefficient (Wildman–Crippen LogP) is -1.59. The quantitative estimate of drug-likeness (QED) is 0.414. The Hall–Kier alpha value is -1.63. The molecule has 0 fully saturated rings. The summed E-state index contributed by atoms with van der Waals surface area (Å²) >= 11 is 0. The first kappa shape index (κ1) is 12.4. The Labute approximate surface area is 79.3 Å². The zero-order valence-electron chi connectivity index (χ0n) is 7.27. The van der Waals surface area contributed by atoms with Crippen molar-refractivity contribution in [1.29, 1.82) is 0 Å². The first-order chi connectivity index (χ1) is 6.43. The smallest absolute Gasteiger partial charge is 0.306 e. The molecular weight excluding hydrogens is 194 g/mol. The number of aliphatic carboxylic acids is 2. The highest BCUT2D eigenvalue weighted by atomic mass is 16.4. The molecule has 14 heavy (non-hydrogen) atoms. The summed E-state index contributed by atoms with van der Waals surface area (Å²) in [5, 5.41) is 27.4. The molecule has 0 bridgehead atoms. The standard InChI is InChI=1S/C7H11NO6/c9-4(3-6(12)13)7(14)8-2-1-5(10)11/h4,9H,1-3H2,(H,8,14)(H,10,11)(H,12,13). The zero-order valence-corrected chi connectivity index (χ0v) is 7.27. The van der Waals surface area contributed by atoms with Gasteiger partial charge in [0.15, 0.2) is 0 Å². The first-order valence-corrected chi connectivity index (χ1v) is 3.83. The Morgan fingerprint density at radius 3 is 2.14 bits per heavy atom. The van der Waals surface area contributed by atoms with E-state index in [9.17, 15) is 14.4 Å². The number of aliphatic hydroxyl groups is 1. The van der Waals surface area contributed by atoms with Gasteiger partial charge in [0, 0.05) is 6.54 Å². The molecule has 0 rings (SSSR count). The van der Waals surface area contributed by atoms with E-state index in [0.717, 1.165) is 0 Å². The molecule has 0 aliphatic carbocycles. The molecule has 0 aromatic heterocycles. The minimum absolute atomic E-state index is 0.134. The number of carbonyl (C=O) groups is 3. The second-order valence-electron chi connectivity index (χ2n) is 2.55. The molecule has 0 aliphatic rings. The van der Waals surface area contributed by atoms with E-state index in [1.54, 1.807) is 0 Å². The lowest BCUT2D eigenvalue weighted by molar-refractivity contribution is -0.144. The monoisotopic (exact) mass is 205 g/mol. The molecule has 7 heteroatoms. The summed E-state index contributed by atoms with van der Waals surface area (Å²) in [7, 11) is 0. The van der Waals surface area contributed by atoms with Crippen LogP contribution in [0.1, 0.15) is 12.8 Å². The van der Waals surface area contributed by atoms with Crippen LogP contribution in [-0.4, -0.2) is 45.8 Å². The Kier molecular flexibility index (Phi) is 5.23. The summed E-state index contributed by atoms with van der Waals surface area (Å²) in [5.74, 6) is -3.27. The van der Waals surface area contributed by atoms with E-state index in [1.165, 1.54) is 0 Å². The van der Waals surface area contributed by atoms with Gasteiger partial charge in [-0.05, 0) is 0 Å². The van der Waals surface area contributed by atoms with Crippen LogP contribution in [0.4, 0.5) is 0 Å². The van der Waals surface area contributed by atoms with Crippen LogP contribution < -0.4 is 5.32 Å². The molecule has 0 aromatic rings. The molecule has 0 aliphatic heterocycles. The normalized spacial score (nSPS) is 11.8. The zero-order chi connectivity index (χ0) is 11.1. The third-order valence-corrected chi connectivity index (χ3v) is 1.31. The minimum Gasteiger partial charge on any atom is -0.481 e. The van der Waals surface area contributed by atoms with E-state index >= 15 is 0 Å². The number of aliphatic hydroxyl groups excluding tert-OH is 1. The Morgan fingerprint density at radius 1 is 1.14 bits per heavy atom. The Morgan fingerprint density at radius 2 is 1.71 bits per heavy atom. The van der Waals surface area contributed by atoms with Gasteiger partial charge in [-0.25, -0.2) is 0 Å². The number of amides is 1. The molecule has 1 unspecified atom stereocenters. The maximum Gasteiger partial charge on any atom is 0.306 e. The summed E-state index contributed by atoms with van der Waals surface area (Å²) in [6.07, 6.45) is -2.61. The van der Waals surface area contributed by atoms with Gasteiger partial charge in [0.2, 0.25) is 5.91 Å². The summed E-state index contributed by atoms with van der Waals surface area (Å²) in [5.41, 5.74) is 0. The topological polar surface area (TPSA) is 124 Å². The lowest BCUT2D eigenvalue weighted by Crippen LogP contribution is -2.36. The van der Waals surface area contributed by atoms with Crippen LogP contribution in [0.25, 0.3) is 0 Å². The van der Waals surface area contributed by atoms with Gasteiger partial charge in [0.1, 0.15) is 6.10 Å². The van der Waals surface area contributed by atoms with Crippen molar-refractivity contribution in [2.24, 2.45) is 0 Å². The molecule has 7 nitrogen and oxygen atoms in total. The molecule has 0 spiro atoms. The van der Waals surface area contributed by atoms with Gasteiger partial charge < -0.3 is 20.6 Å². The van der Waals surface area contributed by atoms with Crippen LogP contribution in [0, 0.1) is 0 Å². The van der Waals surface area contributed by atoms with Gasteiger partial charge in [-0.15, -0.1) is 0 Å². The van der Waals surface area contributed by atoms with Crippen molar-refractivity contribution in [3.8, 4) is 0 Å². The van der Waals surface area contributed by atoms with E-state index in [2.05, 4.69) is 5.32 Å². The molecule has 0 heterocycles. The van der Waals surface area contributed by atoms with E-state index in [1.807, 2.05) is 0 Å². The van der Waals surface area contributed by atoms with Crippen molar-refractivity contribution in [2.45, 2.75) is 18.9 Å². The first-order valence-electron chi connectivity index (χ1n) is 3.83. The SMILES string of the molecule is O=C(O)CCNC(=O)C(O)CC(=O)O. The van der Waals surface area contributed by atoms with Gasteiger partial charge in [-0.1, -0.05) is 0 Å². The van der Waals surface area contributed by atoms with Crippen LogP contribution in [0.15, 0.2) is 0 Å². The Bertz CT molecular complexity index is 238. The van der Waals surface area contributed by atoms with E-state index in [4.69, 9.17) is 15.3 Å². The molecule has 0 saturated carbocycles. The van der Waals surface area contributed by atoms with Crippen LogP contribution >= 0.6 is 0 Å². The van der Waals surface area contributed by atoms with E-state index in [-0.39, 0.29) is 13.0 Å². The maximum absolute atomic E-state index is 10.8. The van der Waals surface area contributed by atoms with Crippen molar-refractivity contribution >= 4 is 17.8 Å². The third-order valence-electron chi connectivity index (χ3n) is 1.31. The summed E-state index contributed by atoms with van der Waals surface area (Å²) in [6, 6.07) is 0. The summed E-state index contributed by atoms with van der Waals surface area (Å²) in [6.45, 7) is -0.134. The highest BCUT2D eigenvalue weighted by Gasteiger charge is 2.17. The molecule has 80 valence electrons. The molecule has 0 radical (unpaired) electrons. The fraction of sp³-hybridized carbons (Fsp3) is 0.571. The lowest BCUT2D eigenvalue weighted by atomic mass is 10.2. The van der Waals surface area contributed by atoms with Gasteiger partial charge in [0.25, 0.3) is 0 Å². The third kappa shape index (κ3) is 5.95. The number of nitrogens with one attached hydrogen (secondary N) is 1. The highest BCUT2D eigenvalue weighted by molar-refractivity contribution is 5.85. The average molecular weight is 205 g/mol. The van der Waals surface area contributed by atoms with E-state index < -0.39 is 30.4 Å². The van der Waals surface area contributed by atoms with Gasteiger partial charge in [-0.3, -0.25) is 14.4 Å². The Balaban J connectivity index is 3.73. The molecular formula is C7H11NO6. The van der Waals surface area contributed by atoms with Crippen molar-refractivity contribution in [3.63, 3.8) is 0 Å². The average Bonchev–Trinajstić information content (AvgIpc) is 2.01. The van der Waals surface area contributed by atoms with Crippen LogP contribution in [0.5, 0.6) is 0 Å². The number of hydrogen-bond donors (Lipinski definition) is 4. The number of carbonyl (C=O) groups excluding carboxylic acids is 1. The second-order valence-corrected chi connectivity index (χ2v) is 2.55. The molecule has 1 amide bonds. The van der Waals surface area contributed by atoms with E-state index in [0.29, 0.717) is 0 Å². The predicted molar refractivity (Wildman–Crippen MR) is 43.5 cm³/mol. The largest absolute Gasteiger partial charge is 0.481 e.